The van der Waals surface area contributed by atoms with E-state index in [1.54, 1.807) is 0 Å². The third kappa shape index (κ3) is 3.71. The number of carbonyl (C=O) groups excluding carboxylic acids is 1. The van der Waals surface area contributed by atoms with E-state index in [4.69, 9.17) is 0 Å². The van der Waals surface area contributed by atoms with Gasteiger partial charge in [0.2, 0.25) is 5.91 Å². The summed E-state index contributed by atoms with van der Waals surface area (Å²) in [6.45, 7) is 8.62. The molecule has 0 spiro atoms. The lowest BCUT2D eigenvalue weighted by molar-refractivity contribution is -0.132. The van der Waals surface area contributed by atoms with E-state index in [0.29, 0.717) is 11.9 Å². The highest BCUT2D eigenvalue weighted by atomic mass is 16.2. The monoisotopic (exact) mass is 254 g/mol. The van der Waals surface area contributed by atoms with Gasteiger partial charge in [0.25, 0.3) is 0 Å². The minimum Gasteiger partial charge on any atom is -0.323 e. The second kappa shape index (κ2) is 7.78. The van der Waals surface area contributed by atoms with Crippen molar-refractivity contribution in [1.82, 2.24) is 10.2 Å². The fourth-order valence-electron chi connectivity index (χ4n) is 2.94. The summed E-state index contributed by atoms with van der Waals surface area (Å²) in [6.07, 6.45) is 8.36. The molecule has 3 nitrogen and oxygen atoms in total. The van der Waals surface area contributed by atoms with Gasteiger partial charge in [0.1, 0.15) is 0 Å². The third-order valence-corrected chi connectivity index (χ3v) is 3.87. The molecule has 1 aliphatic heterocycles. The molecule has 0 aromatic rings. The minimum atomic E-state index is 0.00235. The summed E-state index contributed by atoms with van der Waals surface area (Å²) >= 11 is 0. The number of hydrogen-bond acceptors (Lipinski definition) is 2. The highest BCUT2D eigenvalue weighted by Crippen LogP contribution is 2.24. The maximum Gasteiger partial charge on any atom is 0.240 e. The van der Waals surface area contributed by atoms with Crippen LogP contribution < -0.4 is 5.32 Å². The van der Waals surface area contributed by atoms with Gasteiger partial charge in [0.15, 0.2) is 0 Å². The molecule has 3 atom stereocenters. The Morgan fingerprint density at radius 3 is 2.44 bits per heavy atom. The molecule has 0 saturated carbocycles. The molecule has 1 fully saturated rings. The first-order valence-electron chi connectivity index (χ1n) is 7.73. The van der Waals surface area contributed by atoms with Crippen LogP contribution in [0.3, 0.4) is 0 Å². The molecule has 106 valence electrons. The highest BCUT2D eigenvalue weighted by Gasteiger charge is 2.38. The summed E-state index contributed by atoms with van der Waals surface area (Å²) in [5.41, 5.74) is 0. The van der Waals surface area contributed by atoms with Crippen LogP contribution in [0.4, 0.5) is 0 Å². The van der Waals surface area contributed by atoms with E-state index in [9.17, 15) is 4.79 Å². The lowest BCUT2D eigenvalue weighted by Gasteiger charge is -2.33. The van der Waals surface area contributed by atoms with E-state index in [0.717, 1.165) is 32.1 Å². The SMILES string of the molecule is CCCCC(CCC)N1C(=O)C(C)NC1CCC. The number of amides is 1. The van der Waals surface area contributed by atoms with Crippen LogP contribution in [0.5, 0.6) is 0 Å². The van der Waals surface area contributed by atoms with Gasteiger partial charge in [-0.25, -0.2) is 0 Å². The van der Waals surface area contributed by atoms with Crippen molar-refractivity contribution in [3.63, 3.8) is 0 Å². The molecule has 3 unspecified atom stereocenters. The predicted octanol–water partition coefficient (Wildman–Crippen LogP) is 3.29. The largest absolute Gasteiger partial charge is 0.323 e. The lowest BCUT2D eigenvalue weighted by atomic mass is 10.0. The van der Waals surface area contributed by atoms with Crippen LogP contribution in [-0.2, 0) is 4.79 Å². The summed E-state index contributed by atoms with van der Waals surface area (Å²) < 4.78 is 0. The molecule has 1 rings (SSSR count). The number of unbranched alkanes of at least 4 members (excludes halogenated alkanes) is 1. The van der Waals surface area contributed by atoms with Crippen LogP contribution in [0, 0.1) is 0 Å². The van der Waals surface area contributed by atoms with Crippen LogP contribution in [-0.4, -0.2) is 29.1 Å². The second-order valence-corrected chi connectivity index (χ2v) is 5.52. The van der Waals surface area contributed by atoms with Crippen LogP contribution >= 0.6 is 0 Å². The van der Waals surface area contributed by atoms with E-state index < -0.39 is 0 Å². The normalized spacial score (nSPS) is 25.8. The van der Waals surface area contributed by atoms with Gasteiger partial charge in [-0.1, -0.05) is 46.5 Å². The van der Waals surface area contributed by atoms with Crippen molar-refractivity contribution in [1.29, 1.82) is 0 Å². The van der Waals surface area contributed by atoms with Gasteiger partial charge in [0, 0.05) is 6.04 Å². The fraction of sp³-hybridized carbons (Fsp3) is 0.933. The Morgan fingerprint density at radius 2 is 1.89 bits per heavy atom. The molecule has 1 heterocycles. The van der Waals surface area contributed by atoms with Gasteiger partial charge in [-0.3, -0.25) is 10.1 Å². The van der Waals surface area contributed by atoms with Crippen molar-refractivity contribution in [2.24, 2.45) is 0 Å². The van der Waals surface area contributed by atoms with Gasteiger partial charge < -0.3 is 4.90 Å². The average Bonchev–Trinajstić information content (AvgIpc) is 2.62. The molecule has 18 heavy (non-hydrogen) atoms. The number of nitrogens with zero attached hydrogens (tertiary/aromatic N) is 1. The van der Waals surface area contributed by atoms with E-state index in [1.165, 1.54) is 12.8 Å². The van der Waals surface area contributed by atoms with Crippen molar-refractivity contribution in [3.8, 4) is 0 Å². The summed E-state index contributed by atoms with van der Waals surface area (Å²) in [4.78, 5) is 14.5. The van der Waals surface area contributed by atoms with E-state index in [2.05, 4.69) is 31.0 Å². The highest BCUT2D eigenvalue weighted by molar-refractivity contribution is 5.84. The van der Waals surface area contributed by atoms with Crippen LogP contribution in [0.1, 0.15) is 72.6 Å². The van der Waals surface area contributed by atoms with Crippen LogP contribution in [0.25, 0.3) is 0 Å². The molecule has 0 aromatic carbocycles. The summed E-state index contributed by atoms with van der Waals surface area (Å²) in [5.74, 6) is 0.308. The van der Waals surface area contributed by atoms with Gasteiger partial charge in [-0.2, -0.15) is 0 Å². The van der Waals surface area contributed by atoms with Crippen LogP contribution in [0.15, 0.2) is 0 Å². The van der Waals surface area contributed by atoms with Gasteiger partial charge in [-0.05, 0) is 26.2 Å². The fourth-order valence-corrected chi connectivity index (χ4v) is 2.94. The Kier molecular flexibility index (Phi) is 6.69. The zero-order chi connectivity index (χ0) is 13.5. The molecular weight excluding hydrogens is 224 g/mol. The lowest BCUT2D eigenvalue weighted by Crippen LogP contribution is -2.44. The molecular formula is C15H30N2O. The van der Waals surface area contributed by atoms with Crippen molar-refractivity contribution >= 4 is 5.91 Å². The first-order chi connectivity index (χ1) is 8.65. The number of rotatable bonds is 8. The minimum absolute atomic E-state index is 0.00235. The van der Waals surface area contributed by atoms with E-state index in [1.807, 2.05) is 6.92 Å². The molecule has 0 radical (unpaired) electrons. The molecule has 1 aliphatic rings. The first kappa shape index (κ1) is 15.5. The number of hydrogen-bond donors (Lipinski definition) is 1. The molecule has 1 N–H and O–H groups in total. The molecule has 1 saturated heterocycles. The summed E-state index contributed by atoms with van der Waals surface area (Å²) in [6, 6.07) is 0.444. The maximum absolute atomic E-state index is 12.3. The molecule has 1 amide bonds. The van der Waals surface area contributed by atoms with E-state index >= 15 is 0 Å². The van der Waals surface area contributed by atoms with E-state index in [-0.39, 0.29) is 12.2 Å². The number of nitrogens with one attached hydrogen (secondary N) is 1. The summed E-state index contributed by atoms with van der Waals surface area (Å²) in [7, 11) is 0. The van der Waals surface area contributed by atoms with Crippen molar-refractivity contribution in [2.45, 2.75) is 90.9 Å². The quantitative estimate of drug-likeness (QED) is 0.721. The van der Waals surface area contributed by atoms with Gasteiger partial charge in [0.05, 0.1) is 12.2 Å². The Labute approximate surface area is 112 Å². The Bertz CT molecular complexity index is 255. The Morgan fingerprint density at radius 1 is 1.17 bits per heavy atom. The van der Waals surface area contributed by atoms with Crippen LogP contribution in [0.2, 0.25) is 0 Å². The average molecular weight is 254 g/mol. The predicted molar refractivity (Wildman–Crippen MR) is 76.4 cm³/mol. The zero-order valence-corrected chi connectivity index (χ0v) is 12.5. The Balaban J connectivity index is 2.73. The van der Waals surface area contributed by atoms with Crippen molar-refractivity contribution in [2.75, 3.05) is 0 Å². The Hall–Kier alpha value is -0.570. The first-order valence-corrected chi connectivity index (χ1v) is 7.73. The molecule has 3 heteroatoms. The summed E-state index contributed by atoms with van der Waals surface area (Å²) in [5, 5.41) is 3.45. The molecule has 0 aromatic heterocycles. The smallest absolute Gasteiger partial charge is 0.240 e. The van der Waals surface area contributed by atoms with Crippen molar-refractivity contribution in [3.05, 3.63) is 0 Å². The molecule has 0 aliphatic carbocycles. The third-order valence-electron chi connectivity index (χ3n) is 3.87. The topological polar surface area (TPSA) is 32.3 Å². The second-order valence-electron chi connectivity index (χ2n) is 5.52. The number of carbonyl (C=O) groups is 1. The van der Waals surface area contributed by atoms with Gasteiger partial charge >= 0.3 is 0 Å². The standard InChI is InChI=1S/C15H30N2O/c1-5-8-11-13(9-6-2)17-14(10-7-3)16-12(4)15(17)18/h12-14,16H,5-11H2,1-4H3. The maximum atomic E-state index is 12.3. The van der Waals surface area contributed by atoms with Gasteiger partial charge in [-0.15, -0.1) is 0 Å². The van der Waals surface area contributed by atoms with Crippen molar-refractivity contribution < 1.29 is 4.79 Å². The molecule has 0 bridgehead atoms. The zero-order valence-electron chi connectivity index (χ0n) is 12.5.